The van der Waals surface area contributed by atoms with Crippen LogP contribution in [-0.2, 0) is 19.1 Å². The number of rotatable bonds is 3. The van der Waals surface area contributed by atoms with E-state index in [9.17, 15) is 4.79 Å². The molecule has 5 nitrogen and oxygen atoms in total. The van der Waals surface area contributed by atoms with Gasteiger partial charge in [-0.25, -0.2) is 0 Å². The number of hydrogen-bond donors (Lipinski definition) is 0. The summed E-state index contributed by atoms with van der Waals surface area (Å²) in [6.45, 7) is 2.39. The van der Waals surface area contributed by atoms with Crippen LogP contribution in [0.1, 0.15) is 13.3 Å². The van der Waals surface area contributed by atoms with E-state index in [1.54, 1.807) is 0 Å². The molecule has 0 aromatic rings. The lowest BCUT2D eigenvalue weighted by atomic mass is 10.1. The number of ether oxygens (including phenoxy) is 2. The van der Waals surface area contributed by atoms with Gasteiger partial charge in [-0.2, -0.15) is 0 Å². The van der Waals surface area contributed by atoms with E-state index >= 15 is 0 Å². The molecule has 0 unspecified atom stereocenters. The first-order chi connectivity index (χ1) is 6.27. The fourth-order valence-corrected chi connectivity index (χ4v) is 1.08. The molecule has 74 valence electrons. The second-order valence-electron chi connectivity index (χ2n) is 2.61. The summed E-state index contributed by atoms with van der Waals surface area (Å²) >= 11 is 0. The highest BCUT2D eigenvalue weighted by Crippen LogP contribution is 2.15. The van der Waals surface area contributed by atoms with Crippen molar-refractivity contribution in [2.45, 2.75) is 19.6 Å². The van der Waals surface area contributed by atoms with Crippen molar-refractivity contribution in [3.8, 4) is 0 Å². The average Bonchev–Trinajstić information content (AvgIpc) is 2.18. The Morgan fingerprint density at radius 3 is 3.15 bits per heavy atom. The molecule has 1 aliphatic rings. The van der Waals surface area contributed by atoms with Crippen LogP contribution < -0.4 is 0 Å². The topological polar surface area (TPSA) is 57.1 Å². The Bertz CT molecular complexity index is 204. The van der Waals surface area contributed by atoms with E-state index in [-0.39, 0.29) is 11.9 Å². The Morgan fingerprint density at radius 2 is 2.54 bits per heavy atom. The molecule has 0 N–H and O–H groups in total. The molecule has 2 atom stereocenters. The van der Waals surface area contributed by atoms with Crippen molar-refractivity contribution in [3.63, 3.8) is 0 Å². The summed E-state index contributed by atoms with van der Waals surface area (Å²) in [5.41, 5.74) is 0. The molecule has 0 aliphatic carbocycles. The van der Waals surface area contributed by atoms with Crippen molar-refractivity contribution in [1.29, 1.82) is 0 Å². The van der Waals surface area contributed by atoms with Gasteiger partial charge in [0.2, 0.25) is 6.29 Å². The van der Waals surface area contributed by atoms with Gasteiger partial charge >= 0.3 is 5.97 Å². The number of nitrogens with zero attached hydrogens (tertiary/aromatic N) is 1. The van der Waals surface area contributed by atoms with Crippen molar-refractivity contribution < 1.29 is 19.1 Å². The van der Waals surface area contributed by atoms with Crippen LogP contribution in [0, 0.1) is 5.92 Å². The molecule has 0 fully saturated rings. The van der Waals surface area contributed by atoms with Crippen LogP contribution in [0.5, 0.6) is 0 Å². The smallest absolute Gasteiger partial charge is 0.314 e. The first-order valence-corrected chi connectivity index (χ1v) is 4.16. The molecule has 5 heteroatoms. The van der Waals surface area contributed by atoms with Crippen LogP contribution in [0.2, 0.25) is 0 Å². The zero-order valence-corrected chi connectivity index (χ0v) is 7.73. The third-order valence-electron chi connectivity index (χ3n) is 1.72. The van der Waals surface area contributed by atoms with Gasteiger partial charge < -0.3 is 14.3 Å². The molecule has 0 saturated heterocycles. The molecule has 0 amide bonds. The predicted molar refractivity (Wildman–Crippen MR) is 45.1 cm³/mol. The van der Waals surface area contributed by atoms with Crippen LogP contribution in [0.25, 0.3) is 0 Å². The Hall–Kier alpha value is -1.10. The zero-order chi connectivity index (χ0) is 9.68. The quantitative estimate of drug-likeness (QED) is 0.605. The SMILES string of the molecule is CCO[C@@H]1C[C@@H](C(=O)OC)C=NO1. The third-order valence-corrected chi connectivity index (χ3v) is 1.72. The maximum Gasteiger partial charge on any atom is 0.314 e. The highest BCUT2D eigenvalue weighted by Gasteiger charge is 2.27. The van der Waals surface area contributed by atoms with Crippen molar-refractivity contribution in [1.82, 2.24) is 0 Å². The van der Waals surface area contributed by atoms with Crippen molar-refractivity contribution >= 4 is 12.2 Å². The summed E-state index contributed by atoms with van der Waals surface area (Å²) in [6, 6.07) is 0. The Balaban J connectivity index is 2.46. The largest absolute Gasteiger partial charge is 0.469 e. The van der Waals surface area contributed by atoms with Gasteiger partial charge in [-0.15, -0.1) is 0 Å². The monoisotopic (exact) mass is 187 g/mol. The maximum atomic E-state index is 11.1. The van der Waals surface area contributed by atoms with Gasteiger partial charge in [0.25, 0.3) is 0 Å². The van der Waals surface area contributed by atoms with Crippen LogP contribution in [0.3, 0.4) is 0 Å². The number of esters is 1. The van der Waals surface area contributed by atoms with E-state index in [4.69, 9.17) is 9.57 Å². The standard InChI is InChI=1S/C8H13NO4/c1-3-12-7-4-6(5-9-13-7)8(10)11-2/h5-7H,3-4H2,1-2H3/t6-,7+/m1/s1. The summed E-state index contributed by atoms with van der Waals surface area (Å²) in [7, 11) is 1.35. The molecular weight excluding hydrogens is 174 g/mol. The van der Waals surface area contributed by atoms with Gasteiger partial charge in [-0.05, 0) is 6.92 Å². The summed E-state index contributed by atoms with van der Waals surface area (Å²) in [6.07, 6.45) is 1.46. The lowest BCUT2D eigenvalue weighted by Gasteiger charge is -2.21. The number of methoxy groups -OCH3 is 1. The molecule has 0 aromatic heterocycles. The number of carbonyl (C=O) groups excluding carboxylic acids is 1. The first kappa shape index (κ1) is 9.98. The van der Waals surface area contributed by atoms with E-state index < -0.39 is 6.29 Å². The van der Waals surface area contributed by atoms with Gasteiger partial charge in [0, 0.05) is 13.0 Å². The molecule has 13 heavy (non-hydrogen) atoms. The maximum absolute atomic E-state index is 11.1. The van der Waals surface area contributed by atoms with Crippen molar-refractivity contribution in [3.05, 3.63) is 0 Å². The van der Waals surface area contributed by atoms with Gasteiger partial charge in [0.05, 0.1) is 13.3 Å². The first-order valence-electron chi connectivity index (χ1n) is 4.16. The minimum Gasteiger partial charge on any atom is -0.469 e. The molecule has 0 bridgehead atoms. The summed E-state index contributed by atoms with van der Waals surface area (Å²) in [5, 5.41) is 3.58. The highest BCUT2D eigenvalue weighted by atomic mass is 16.8. The summed E-state index contributed by atoms with van der Waals surface area (Å²) < 4.78 is 9.74. The minimum atomic E-state index is -0.431. The van der Waals surface area contributed by atoms with E-state index in [2.05, 4.69) is 9.89 Å². The van der Waals surface area contributed by atoms with Crippen LogP contribution in [0.4, 0.5) is 0 Å². The van der Waals surface area contributed by atoms with E-state index in [0.717, 1.165) is 0 Å². The molecule has 1 heterocycles. The van der Waals surface area contributed by atoms with Crippen molar-refractivity contribution in [2.24, 2.45) is 11.1 Å². The molecule has 0 aromatic carbocycles. The normalized spacial score (nSPS) is 26.6. The zero-order valence-electron chi connectivity index (χ0n) is 7.73. The average molecular weight is 187 g/mol. The lowest BCUT2D eigenvalue weighted by Crippen LogP contribution is -2.29. The van der Waals surface area contributed by atoms with E-state index in [1.165, 1.54) is 13.3 Å². The number of oxime groups is 1. The van der Waals surface area contributed by atoms with Gasteiger partial charge in [0.15, 0.2) is 0 Å². The third kappa shape index (κ3) is 2.69. The fourth-order valence-electron chi connectivity index (χ4n) is 1.08. The van der Waals surface area contributed by atoms with Crippen LogP contribution in [-0.4, -0.2) is 32.2 Å². The number of carbonyl (C=O) groups is 1. The molecular formula is C8H13NO4. The Kier molecular flexibility index (Phi) is 3.70. The molecule has 1 aliphatic heterocycles. The van der Waals surface area contributed by atoms with Crippen LogP contribution >= 0.6 is 0 Å². The second kappa shape index (κ2) is 4.81. The van der Waals surface area contributed by atoms with Crippen LogP contribution in [0.15, 0.2) is 5.16 Å². The van der Waals surface area contributed by atoms with Gasteiger partial charge in [0.1, 0.15) is 5.92 Å². The number of hydrogen-bond acceptors (Lipinski definition) is 5. The van der Waals surface area contributed by atoms with Crippen molar-refractivity contribution in [2.75, 3.05) is 13.7 Å². The molecule has 1 rings (SSSR count). The summed E-state index contributed by atoms with van der Waals surface area (Å²) in [4.78, 5) is 16.0. The van der Waals surface area contributed by atoms with Gasteiger partial charge in [-0.3, -0.25) is 4.79 Å². The van der Waals surface area contributed by atoms with E-state index in [1.807, 2.05) is 6.92 Å². The fraction of sp³-hybridized carbons (Fsp3) is 0.750. The lowest BCUT2D eigenvalue weighted by molar-refractivity contribution is -0.165. The highest BCUT2D eigenvalue weighted by molar-refractivity contribution is 5.89. The minimum absolute atomic E-state index is 0.309. The molecule has 0 radical (unpaired) electrons. The summed E-state index contributed by atoms with van der Waals surface area (Å²) in [5.74, 6) is -0.660. The van der Waals surface area contributed by atoms with Gasteiger partial charge in [-0.1, -0.05) is 5.16 Å². The predicted octanol–water partition coefficient (Wildman–Crippen LogP) is 0.544. The van der Waals surface area contributed by atoms with E-state index in [0.29, 0.717) is 13.0 Å². The second-order valence-corrected chi connectivity index (χ2v) is 2.61. The molecule has 0 spiro atoms. The Morgan fingerprint density at radius 1 is 1.77 bits per heavy atom. The Labute approximate surface area is 76.6 Å². The molecule has 0 saturated carbocycles.